The third-order valence-electron chi connectivity index (χ3n) is 7.01. The first-order valence-electron chi connectivity index (χ1n) is 13.8. The van der Waals surface area contributed by atoms with Crippen LogP contribution in [0.2, 0.25) is 0 Å². The number of carbonyl (C=O) groups is 1. The summed E-state index contributed by atoms with van der Waals surface area (Å²) in [4.78, 5) is 18.3. The minimum absolute atomic E-state index is 0.0730. The molecule has 1 fully saturated rings. The molecule has 1 atom stereocenters. The number of piperidine rings is 1. The molecule has 0 bridgehead atoms. The van der Waals surface area contributed by atoms with Crippen LogP contribution in [0.4, 0.5) is 9.18 Å². The normalized spacial score (nSPS) is 14.9. The molecule has 1 aliphatic heterocycles. The van der Waals surface area contributed by atoms with Crippen molar-refractivity contribution >= 4 is 11.6 Å². The van der Waals surface area contributed by atoms with Crippen LogP contribution in [0.15, 0.2) is 36.8 Å². The van der Waals surface area contributed by atoms with E-state index in [0.29, 0.717) is 46.9 Å². The Morgan fingerprint density at radius 2 is 2.00 bits per heavy atom. The van der Waals surface area contributed by atoms with Gasteiger partial charge in [0, 0.05) is 24.8 Å². The lowest BCUT2D eigenvalue weighted by Gasteiger charge is -2.33. The van der Waals surface area contributed by atoms with E-state index in [9.17, 15) is 14.3 Å². The second kappa shape index (κ2) is 11.8. The molecule has 1 N–H and O–H groups in total. The first kappa shape index (κ1) is 29.0. The Morgan fingerprint density at radius 3 is 2.64 bits per heavy atom. The van der Waals surface area contributed by atoms with E-state index in [2.05, 4.69) is 32.2 Å². The average Bonchev–Trinajstić information content (AvgIpc) is 3.55. The maximum Gasteiger partial charge on any atom is 0.410 e. The number of ether oxygens (including phenoxy) is 2. The van der Waals surface area contributed by atoms with Crippen molar-refractivity contribution in [2.24, 2.45) is 0 Å². The van der Waals surface area contributed by atoms with E-state index in [-0.39, 0.29) is 18.7 Å². The highest BCUT2D eigenvalue weighted by Gasteiger charge is 2.29. The number of likely N-dealkylation sites (tertiary alicyclic amines) is 1. The van der Waals surface area contributed by atoms with Crippen molar-refractivity contribution < 1.29 is 23.8 Å². The molecule has 42 heavy (non-hydrogen) atoms. The molecule has 4 aromatic rings. The van der Waals surface area contributed by atoms with Gasteiger partial charge in [-0.05, 0) is 65.7 Å². The topological polar surface area (TPSA) is 120 Å². The first-order chi connectivity index (χ1) is 20.1. The van der Waals surface area contributed by atoms with Gasteiger partial charge >= 0.3 is 6.09 Å². The van der Waals surface area contributed by atoms with E-state index in [4.69, 9.17) is 9.47 Å². The number of hydrogen-bond donors (Lipinski definition) is 1. The zero-order valence-electron chi connectivity index (χ0n) is 24.3. The van der Waals surface area contributed by atoms with Crippen LogP contribution in [0.25, 0.3) is 16.8 Å². The van der Waals surface area contributed by atoms with Crippen molar-refractivity contribution in [1.29, 1.82) is 0 Å². The summed E-state index contributed by atoms with van der Waals surface area (Å²) >= 11 is 0. The number of fused-ring (bicyclic) bond motifs is 1. The Hall–Kier alpha value is -4.50. The van der Waals surface area contributed by atoms with Gasteiger partial charge in [-0.2, -0.15) is 5.10 Å². The lowest BCUT2D eigenvalue weighted by atomic mass is 10.0. The number of rotatable bonds is 6. The van der Waals surface area contributed by atoms with Crippen molar-refractivity contribution in [2.45, 2.75) is 65.2 Å². The summed E-state index contributed by atoms with van der Waals surface area (Å²) < 4.78 is 28.8. The Morgan fingerprint density at radius 1 is 1.24 bits per heavy atom. The fourth-order valence-electron chi connectivity index (χ4n) is 5.03. The van der Waals surface area contributed by atoms with Crippen LogP contribution < -0.4 is 4.74 Å². The van der Waals surface area contributed by atoms with Gasteiger partial charge in [0.1, 0.15) is 28.4 Å². The van der Waals surface area contributed by atoms with Crippen LogP contribution in [-0.4, -0.2) is 71.0 Å². The Labute approximate surface area is 243 Å². The fourth-order valence-corrected chi connectivity index (χ4v) is 5.03. The Balaban J connectivity index is 1.44. The SMILES string of the molecule is CC#Cc1cnn2cc(-c3nnn(C4CCN(C(=O)OC(C)(C)C)CC4)c3C)cc(O[C@H](CO)c3ccc(F)cn3)c12. The molecule has 0 unspecified atom stereocenters. The molecule has 220 valence electrons. The number of aliphatic hydroxyl groups excluding tert-OH is 1. The van der Waals surface area contributed by atoms with Crippen LogP contribution in [0.3, 0.4) is 0 Å². The molecule has 4 aromatic heterocycles. The van der Waals surface area contributed by atoms with Crippen LogP contribution in [0, 0.1) is 24.6 Å². The van der Waals surface area contributed by atoms with Gasteiger partial charge in [0.05, 0.1) is 42.0 Å². The zero-order chi connectivity index (χ0) is 30.0. The molecule has 5 rings (SSSR count). The minimum Gasteiger partial charge on any atom is -0.479 e. The summed E-state index contributed by atoms with van der Waals surface area (Å²) in [5.74, 6) is 5.86. The van der Waals surface area contributed by atoms with E-state index in [1.165, 1.54) is 12.1 Å². The zero-order valence-corrected chi connectivity index (χ0v) is 24.3. The summed E-state index contributed by atoms with van der Waals surface area (Å²) in [6, 6.07) is 4.64. The van der Waals surface area contributed by atoms with E-state index < -0.39 is 17.5 Å². The Bertz CT molecular complexity index is 1640. The third-order valence-corrected chi connectivity index (χ3v) is 7.01. The van der Waals surface area contributed by atoms with Crippen LogP contribution in [0.5, 0.6) is 5.75 Å². The molecule has 0 saturated carbocycles. The molecule has 5 heterocycles. The summed E-state index contributed by atoms with van der Waals surface area (Å²) in [5, 5.41) is 23.6. The number of aromatic nitrogens is 6. The fraction of sp³-hybridized carbons (Fsp3) is 0.433. The molecular weight excluding hydrogens is 541 g/mol. The number of halogens is 1. The second-order valence-corrected chi connectivity index (χ2v) is 11.2. The average molecular weight is 576 g/mol. The maximum atomic E-state index is 13.5. The smallest absolute Gasteiger partial charge is 0.410 e. The lowest BCUT2D eigenvalue weighted by Crippen LogP contribution is -2.42. The van der Waals surface area contributed by atoms with Crippen molar-refractivity contribution in [3.63, 3.8) is 0 Å². The molecule has 0 aromatic carbocycles. The molecule has 1 aliphatic rings. The van der Waals surface area contributed by atoms with Crippen molar-refractivity contribution in [3.05, 3.63) is 59.6 Å². The molecule has 0 aliphatic carbocycles. The first-order valence-corrected chi connectivity index (χ1v) is 13.8. The summed E-state index contributed by atoms with van der Waals surface area (Å²) in [6.45, 7) is 10.0. The standard InChI is InChI=1S/C30H34FN7O4/c1-6-7-20-15-33-37-17-21(14-25(28(20)37)41-26(18-39)24-9-8-22(31)16-32-24)27-19(2)38(35-34-27)23-10-12-36(13-11-23)29(40)42-30(3,4)5/h8-9,14-17,23,26,39H,10-13,18H2,1-5H3/t26-/m1/s1. The lowest BCUT2D eigenvalue weighted by molar-refractivity contribution is 0.0183. The monoisotopic (exact) mass is 575 g/mol. The van der Waals surface area contributed by atoms with E-state index in [0.717, 1.165) is 24.7 Å². The summed E-state index contributed by atoms with van der Waals surface area (Å²) in [7, 11) is 0. The van der Waals surface area contributed by atoms with Gasteiger partial charge in [-0.15, -0.1) is 11.0 Å². The highest BCUT2D eigenvalue weighted by molar-refractivity contribution is 5.75. The van der Waals surface area contributed by atoms with Crippen LogP contribution in [0.1, 0.15) is 69.6 Å². The van der Waals surface area contributed by atoms with E-state index in [1.807, 2.05) is 44.6 Å². The largest absolute Gasteiger partial charge is 0.479 e. The van der Waals surface area contributed by atoms with Gasteiger partial charge in [-0.25, -0.2) is 18.4 Å². The number of amides is 1. The molecular formula is C30H34FN7O4. The number of pyridine rings is 2. The predicted octanol–water partition coefficient (Wildman–Crippen LogP) is 4.49. The van der Waals surface area contributed by atoms with E-state index >= 15 is 0 Å². The van der Waals surface area contributed by atoms with Crippen LogP contribution in [-0.2, 0) is 4.74 Å². The predicted molar refractivity (Wildman–Crippen MR) is 152 cm³/mol. The Kier molecular flexibility index (Phi) is 8.13. The van der Waals surface area contributed by atoms with Gasteiger partial charge < -0.3 is 19.5 Å². The van der Waals surface area contributed by atoms with Crippen LogP contribution >= 0.6 is 0 Å². The maximum absolute atomic E-state index is 13.5. The van der Waals surface area contributed by atoms with E-state index in [1.54, 1.807) is 22.5 Å². The number of nitrogens with zero attached hydrogens (tertiary/aromatic N) is 7. The highest BCUT2D eigenvalue weighted by atomic mass is 19.1. The number of aliphatic hydroxyl groups is 1. The molecule has 12 heteroatoms. The third kappa shape index (κ3) is 6.06. The van der Waals surface area contributed by atoms with Crippen molar-refractivity contribution in [2.75, 3.05) is 19.7 Å². The summed E-state index contributed by atoms with van der Waals surface area (Å²) in [5.41, 5.74) is 3.32. The van der Waals surface area contributed by atoms with Crippen molar-refractivity contribution in [1.82, 2.24) is 34.5 Å². The number of hydrogen-bond acceptors (Lipinski definition) is 8. The molecule has 1 saturated heterocycles. The highest BCUT2D eigenvalue weighted by Crippen LogP contribution is 2.34. The van der Waals surface area contributed by atoms with Crippen molar-refractivity contribution in [3.8, 4) is 28.8 Å². The second-order valence-electron chi connectivity index (χ2n) is 11.2. The molecule has 0 radical (unpaired) electrons. The molecule has 1 amide bonds. The molecule has 0 spiro atoms. The van der Waals surface area contributed by atoms with Gasteiger partial charge in [0.2, 0.25) is 0 Å². The summed E-state index contributed by atoms with van der Waals surface area (Å²) in [6.07, 6.45) is 4.85. The van der Waals surface area contributed by atoms with Gasteiger partial charge in [0.25, 0.3) is 0 Å². The van der Waals surface area contributed by atoms with Gasteiger partial charge in [0.15, 0.2) is 6.10 Å². The molecule has 11 nitrogen and oxygen atoms in total. The van der Waals surface area contributed by atoms with Gasteiger partial charge in [-0.1, -0.05) is 11.1 Å². The number of carbonyl (C=O) groups excluding carboxylic acids is 1. The van der Waals surface area contributed by atoms with Gasteiger partial charge in [-0.3, -0.25) is 4.98 Å². The quantitative estimate of drug-likeness (QED) is 0.334. The minimum atomic E-state index is -0.853.